The maximum Gasteiger partial charge on any atom is 0.434 e. The third-order valence-electron chi connectivity index (χ3n) is 4.87. The number of carbonyl (C=O) groups excluding carboxylic acids is 1. The zero-order chi connectivity index (χ0) is 21.0. The van der Waals surface area contributed by atoms with Gasteiger partial charge in [-0.2, -0.15) is 13.2 Å². The van der Waals surface area contributed by atoms with Crippen molar-refractivity contribution in [2.24, 2.45) is 0 Å². The molecule has 1 aliphatic carbocycles. The highest BCUT2D eigenvalue weighted by atomic mass is 35.5. The number of aromatic nitrogens is 2. The van der Waals surface area contributed by atoms with Gasteiger partial charge in [-0.05, 0) is 62.3 Å². The predicted octanol–water partition coefficient (Wildman–Crippen LogP) is 3.98. The SMILES string of the molecule is O=C(c1cnc(Cl)nc1C(F)(F)F)N1CCCN1C(=S)NCCC1=CCCCC1. The fraction of sp³-hybridized carbons (Fsp3) is 0.556. The highest BCUT2D eigenvalue weighted by Gasteiger charge is 2.40. The second-order valence-electron chi connectivity index (χ2n) is 6.89. The zero-order valence-corrected chi connectivity index (χ0v) is 17.2. The van der Waals surface area contributed by atoms with Crippen LogP contribution in [0.4, 0.5) is 13.2 Å². The molecule has 6 nitrogen and oxygen atoms in total. The predicted molar refractivity (Wildman–Crippen MR) is 106 cm³/mol. The summed E-state index contributed by atoms with van der Waals surface area (Å²) in [5.41, 5.74) is -0.615. The van der Waals surface area contributed by atoms with E-state index >= 15 is 0 Å². The average Bonchev–Trinajstić information content (AvgIpc) is 3.17. The van der Waals surface area contributed by atoms with Crippen molar-refractivity contribution in [3.05, 3.63) is 34.4 Å². The van der Waals surface area contributed by atoms with Gasteiger partial charge in [-0.1, -0.05) is 11.6 Å². The van der Waals surface area contributed by atoms with Gasteiger partial charge < -0.3 is 5.32 Å². The van der Waals surface area contributed by atoms with Crippen molar-refractivity contribution in [2.45, 2.75) is 44.7 Å². The van der Waals surface area contributed by atoms with Crippen molar-refractivity contribution in [1.29, 1.82) is 0 Å². The Kier molecular flexibility index (Phi) is 6.94. The quantitative estimate of drug-likeness (QED) is 0.428. The van der Waals surface area contributed by atoms with E-state index in [-0.39, 0.29) is 6.54 Å². The normalized spacial score (nSPS) is 17.3. The lowest BCUT2D eigenvalue weighted by Crippen LogP contribution is -2.49. The van der Waals surface area contributed by atoms with Gasteiger partial charge in [0, 0.05) is 25.8 Å². The fourth-order valence-corrected chi connectivity index (χ4v) is 3.88. The first kappa shape index (κ1) is 21.8. The Labute approximate surface area is 177 Å². The van der Waals surface area contributed by atoms with Crippen molar-refractivity contribution in [3.63, 3.8) is 0 Å². The molecule has 0 saturated carbocycles. The molecule has 1 saturated heterocycles. The molecule has 1 aromatic rings. The van der Waals surface area contributed by atoms with E-state index in [9.17, 15) is 18.0 Å². The number of alkyl halides is 3. The highest BCUT2D eigenvalue weighted by molar-refractivity contribution is 7.80. The first-order valence-corrected chi connectivity index (χ1v) is 10.2. The number of thiocarbonyl (C=S) groups is 1. The molecule has 1 amide bonds. The summed E-state index contributed by atoms with van der Waals surface area (Å²) in [6.45, 7) is 1.31. The molecule has 0 bridgehead atoms. The van der Waals surface area contributed by atoms with E-state index in [4.69, 9.17) is 23.8 Å². The van der Waals surface area contributed by atoms with Crippen molar-refractivity contribution in [3.8, 4) is 0 Å². The lowest BCUT2D eigenvalue weighted by Gasteiger charge is -2.30. The van der Waals surface area contributed by atoms with Crippen LogP contribution in [0.1, 0.15) is 54.6 Å². The summed E-state index contributed by atoms with van der Waals surface area (Å²) in [4.78, 5) is 19.6. The third-order valence-corrected chi connectivity index (χ3v) is 5.40. The largest absolute Gasteiger partial charge is 0.434 e. The Hall–Kier alpha value is -1.94. The molecule has 1 aliphatic heterocycles. The molecule has 2 aliphatic rings. The lowest BCUT2D eigenvalue weighted by molar-refractivity contribution is -0.141. The molecule has 0 atom stereocenters. The second-order valence-corrected chi connectivity index (χ2v) is 7.62. The van der Waals surface area contributed by atoms with Crippen LogP contribution in [0.3, 0.4) is 0 Å². The van der Waals surface area contributed by atoms with Crippen molar-refractivity contribution in [1.82, 2.24) is 25.3 Å². The van der Waals surface area contributed by atoms with E-state index in [0.717, 1.165) is 25.5 Å². The molecule has 0 aromatic carbocycles. The van der Waals surface area contributed by atoms with Gasteiger partial charge in [-0.15, -0.1) is 0 Å². The average molecular weight is 448 g/mol. The van der Waals surface area contributed by atoms with Crippen LogP contribution in [-0.2, 0) is 6.18 Å². The van der Waals surface area contributed by atoms with Gasteiger partial charge in [0.25, 0.3) is 5.91 Å². The second kappa shape index (κ2) is 9.25. The molecule has 1 fully saturated rings. The van der Waals surface area contributed by atoms with Crippen molar-refractivity contribution >= 4 is 34.8 Å². The molecule has 0 radical (unpaired) electrons. The van der Waals surface area contributed by atoms with Crippen molar-refractivity contribution < 1.29 is 18.0 Å². The van der Waals surface area contributed by atoms with E-state index in [0.29, 0.717) is 24.6 Å². The summed E-state index contributed by atoms with van der Waals surface area (Å²) in [6, 6.07) is 0. The van der Waals surface area contributed by atoms with Crippen LogP contribution < -0.4 is 5.32 Å². The summed E-state index contributed by atoms with van der Waals surface area (Å²) in [6.07, 6.45) is 4.26. The number of hydrazine groups is 1. The number of amides is 1. The summed E-state index contributed by atoms with van der Waals surface area (Å²) >= 11 is 10.9. The molecule has 3 rings (SSSR count). The first-order chi connectivity index (χ1) is 13.8. The standard InChI is InChI=1S/C18H21ClF3N5OS/c19-16-24-11-13(14(25-16)18(20,21)22)15(28)26-9-4-10-27(26)17(29)23-8-7-12-5-2-1-3-6-12/h5,11H,1-4,6-10H2,(H,23,29). The van der Waals surface area contributed by atoms with Crippen molar-refractivity contribution in [2.75, 3.05) is 19.6 Å². The first-order valence-electron chi connectivity index (χ1n) is 9.42. The Balaban J connectivity index is 1.68. The smallest absolute Gasteiger partial charge is 0.361 e. The molecule has 0 spiro atoms. The van der Waals surface area contributed by atoms with Gasteiger partial charge in [0.05, 0.1) is 5.56 Å². The van der Waals surface area contributed by atoms with Gasteiger partial charge >= 0.3 is 6.18 Å². The van der Waals surface area contributed by atoms with E-state index in [1.54, 1.807) is 0 Å². The maximum atomic E-state index is 13.3. The Morgan fingerprint density at radius 1 is 1.24 bits per heavy atom. The minimum Gasteiger partial charge on any atom is -0.361 e. The van der Waals surface area contributed by atoms with E-state index in [1.807, 2.05) is 0 Å². The summed E-state index contributed by atoms with van der Waals surface area (Å²) in [5.74, 6) is -0.856. The Bertz CT molecular complexity index is 817. The molecular formula is C18H21ClF3N5OS. The number of halogens is 4. The number of rotatable bonds is 4. The zero-order valence-electron chi connectivity index (χ0n) is 15.6. The molecule has 11 heteroatoms. The van der Waals surface area contributed by atoms with Crippen LogP contribution in [0.25, 0.3) is 0 Å². The van der Waals surface area contributed by atoms with E-state index in [2.05, 4.69) is 21.4 Å². The number of nitrogens with one attached hydrogen (secondary N) is 1. The van der Waals surface area contributed by atoms with Crippen LogP contribution in [0.15, 0.2) is 17.8 Å². The Morgan fingerprint density at radius 2 is 2.00 bits per heavy atom. The van der Waals surface area contributed by atoms with Crippen LogP contribution in [0.5, 0.6) is 0 Å². The minimum absolute atomic E-state index is 0.256. The van der Waals surface area contributed by atoms with Gasteiger partial charge in [0.2, 0.25) is 5.28 Å². The van der Waals surface area contributed by atoms with Gasteiger partial charge in [-0.25, -0.2) is 15.0 Å². The maximum absolute atomic E-state index is 13.3. The molecule has 2 heterocycles. The monoisotopic (exact) mass is 447 g/mol. The van der Waals surface area contributed by atoms with E-state index in [1.165, 1.54) is 28.4 Å². The van der Waals surface area contributed by atoms with Crippen LogP contribution in [0.2, 0.25) is 5.28 Å². The number of allylic oxidation sites excluding steroid dienone is 1. The summed E-state index contributed by atoms with van der Waals surface area (Å²) in [7, 11) is 0. The molecule has 158 valence electrons. The van der Waals surface area contributed by atoms with Crippen LogP contribution in [0, 0.1) is 0 Å². The molecular weight excluding hydrogens is 427 g/mol. The number of carbonyl (C=O) groups is 1. The topological polar surface area (TPSA) is 61.4 Å². The third kappa shape index (κ3) is 5.36. The van der Waals surface area contributed by atoms with E-state index < -0.39 is 28.6 Å². The fourth-order valence-electron chi connectivity index (χ4n) is 3.46. The van der Waals surface area contributed by atoms with Gasteiger partial charge in [0.1, 0.15) is 0 Å². The van der Waals surface area contributed by atoms with Gasteiger partial charge in [-0.3, -0.25) is 9.80 Å². The highest BCUT2D eigenvalue weighted by Crippen LogP contribution is 2.32. The molecule has 0 unspecified atom stereocenters. The summed E-state index contributed by atoms with van der Waals surface area (Å²) < 4.78 is 39.9. The number of hydrogen-bond acceptors (Lipinski definition) is 4. The number of hydrogen-bond donors (Lipinski definition) is 1. The molecule has 1 N–H and O–H groups in total. The van der Waals surface area contributed by atoms with Crippen LogP contribution in [-0.4, -0.2) is 50.6 Å². The Morgan fingerprint density at radius 3 is 2.69 bits per heavy atom. The lowest BCUT2D eigenvalue weighted by atomic mass is 9.97. The van der Waals surface area contributed by atoms with Gasteiger partial charge in [0.15, 0.2) is 10.8 Å². The minimum atomic E-state index is -4.82. The molecule has 1 aromatic heterocycles. The summed E-state index contributed by atoms with van der Waals surface area (Å²) in [5, 5.41) is 5.56. The molecule has 29 heavy (non-hydrogen) atoms. The number of nitrogens with zero attached hydrogens (tertiary/aromatic N) is 4. The van der Waals surface area contributed by atoms with Crippen LogP contribution >= 0.6 is 23.8 Å².